The lowest BCUT2D eigenvalue weighted by molar-refractivity contribution is -0.138. The molecule has 0 radical (unpaired) electrons. The van der Waals surface area contributed by atoms with Crippen LogP contribution in [0.2, 0.25) is 5.02 Å². The summed E-state index contributed by atoms with van der Waals surface area (Å²) in [6.45, 7) is 8.62. The SMILES string of the molecule is CC(C)CNC(=O)C1CN(Cc2cc(Cl)c3c(c2)OCCCO3)CCO1. The molecule has 2 aliphatic heterocycles. The zero-order chi connectivity index (χ0) is 18.5. The van der Waals surface area contributed by atoms with E-state index < -0.39 is 6.10 Å². The number of morpholine rings is 1. The van der Waals surface area contributed by atoms with Gasteiger partial charge in [-0.3, -0.25) is 9.69 Å². The van der Waals surface area contributed by atoms with Gasteiger partial charge in [0.15, 0.2) is 11.5 Å². The summed E-state index contributed by atoms with van der Waals surface area (Å²) < 4.78 is 17.1. The molecule has 0 aromatic heterocycles. The average molecular weight is 383 g/mol. The molecule has 6 nitrogen and oxygen atoms in total. The Morgan fingerprint density at radius 2 is 2.12 bits per heavy atom. The van der Waals surface area contributed by atoms with Gasteiger partial charge in [0, 0.05) is 32.6 Å². The molecule has 1 amide bonds. The van der Waals surface area contributed by atoms with E-state index in [2.05, 4.69) is 24.1 Å². The number of nitrogens with zero attached hydrogens (tertiary/aromatic N) is 1. The van der Waals surface area contributed by atoms with Crippen LogP contribution in [0, 0.1) is 5.92 Å². The summed E-state index contributed by atoms with van der Waals surface area (Å²) in [5, 5.41) is 3.51. The van der Waals surface area contributed by atoms with Gasteiger partial charge in [0.05, 0.1) is 24.8 Å². The number of nitrogens with one attached hydrogen (secondary N) is 1. The standard InChI is InChI=1S/C19H27ClN2O4/c1-13(2)10-21-19(23)17-12-22(4-7-25-17)11-14-8-15(20)18-16(9-14)24-5-3-6-26-18/h8-9,13,17H,3-7,10-12H2,1-2H3,(H,21,23). The first-order valence-corrected chi connectivity index (χ1v) is 9.60. The summed E-state index contributed by atoms with van der Waals surface area (Å²) in [5.74, 6) is 1.70. The Kier molecular flexibility index (Phi) is 6.62. The van der Waals surface area contributed by atoms with Crippen LogP contribution >= 0.6 is 11.6 Å². The van der Waals surface area contributed by atoms with Crippen molar-refractivity contribution in [2.75, 3.05) is 39.5 Å². The zero-order valence-corrected chi connectivity index (χ0v) is 16.2. The molecule has 0 bridgehead atoms. The van der Waals surface area contributed by atoms with Gasteiger partial charge in [-0.05, 0) is 23.6 Å². The van der Waals surface area contributed by atoms with E-state index in [0.29, 0.717) is 61.9 Å². The van der Waals surface area contributed by atoms with E-state index in [0.717, 1.165) is 18.5 Å². The third kappa shape index (κ3) is 5.02. The first-order chi connectivity index (χ1) is 12.5. The van der Waals surface area contributed by atoms with Gasteiger partial charge in [-0.25, -0.2) is 0 Å². The number of amides is 1. The highest BCUT2D eigenvalue weighted by Crippen LogP contribution is 2.38. The number of benzene rings is 1. The number of carbonyl (C=O) groups excluding carboxylic acids is 1. The number of ether oxygens (including phenoxy) is 3. The largest absolute Gasteiger partial charge is 0.489 e. The minimum atomic E-state index is -0.432. The van der Waals surface area contributed by atoms with E-state index in [1.165, 1.54) is 0 Å². The molecular formula is C19H27ClN2O4. The van der Waals surface area contributed by atoms with Gasteiger partial charge in [-0.15, -0.1) is 0 Å². The summed E-state index contributed by atoms with van der Waals surface area (Å²) >= 11 is 6.38. The van der Waals surface area contributed by atoms with Crippen molar-refractivity contribution >= 4 is 17.5 Å². The molecule has 26 heavy (non-hydrogen) atoms. The molecule has 2 aliphatic rings. The van der Waals surface area contributed by atoms with Crippen LogP contribution in [0.1, 0.15) is 25.8 Å². The number of fused-ring (bicyclic) bond motifs is 1. The Labute approximate surface area is 159 Å². The van der Waals surface area contributed by atoms with E-state index in [-0.39, 0.29) is 5.91 Å². The molecule has 0 spiro atoms. The first-order valence-electron chi connectivity index (χ1n) is 9.22. The zero-order valence-electron chi connectivity index (χ0n) is 15.4. The van der Waals surface area contributed by atoms with Crippen LogP contribution in [0.4, 0.5) is 0 Å². The van der Waals surface area contributed by atoms with Gasteiger partial charge in [-0.2, -0.15) is 0 Å². The van der Waals surface area contributed by atoms with Gasteiger partial charge in [0.2, 0.25) is 5.91 Å². The summed E-state index contributed by atoms with van der Waals surface area (Å²) in [7, 11) is 0. The number of halogens is 1. The van der Waals surface area contributed by atoms with Crippen LogP contribution in [-0.4, -0.2) is 56.4 Å². The van der Waals surface area contributed by atoms with Crippen LogP contribution in [-0.2, 0) is 16.1 Å². The predicted octanol–water partition coefficient (Wildman–Crippen LogP) is 2.47. The highest BCUT2D eigenvalue weighted by atomic mass is 35.5. The minimum absolute atomic E-state index is 0.0416. The first kappa shape index (κ1) is 19.3. The molecule has 1 atom stereocenters. The van der Waals surface area contributed by atoms with Gasteiger partial charge in [0.1, 0.15) is 6.10 Å². The van der Waals surface area contributed by atoms with E-state index >= 15 is 0 Å². The molecule has 144 valence electrons. The van der Waals surface area contributed by atoms with Crippen LogP contribution in [0.5, 0.6) is 11.5 Å². The molecule has 7 heteroatoms. The number of carbonyl (C=O) groups is 1. The minimum Gasteiger partial charge on any atom is -0.489 e. The third-order valence-corrected chi connectivity index (χ3v) is 4.68. The molecule has 1 N–H and O–H groups in total. The maximum absolute atomic E-state index is 12.3. The summed E-state index contributed by atoms with van der Waals surface area (Å²) in [6, 6.07) is 3.90. The molecule has 0 saturated carbocycles. The highest BCUT2D eigenvalue weighted by Gasteiger charge is 2.27. The summed E-state index contributed by atoms with van der Waals surface area (Å²) in [6.07, 6.45) is 0.412. The maximum Gasteiger partial charge on any atom is 0.250 e. The fourth-order valence-electron chi connectivity index (χ4n) is 3.06. The smallest absolute Gasteiger partial charge is 0.250 e. The van der Waals surface area contributed by atoms with Crippen molar-refractivity contribution in [3.05, 3.63) is 22.7 Å². The van der Waals surface area contributed by atoms with Crippen molar-refractivity contribution in [3.8, 4) is 11.5 Å². The Balaban J connectivity index is 1.62. The van der Waals surface area contributed by atoms with E-state index in [1.54, 1.807) is 0 Å². The fraction of sp³-hybridized carbons (Fsp3) is 0.632. The van der Waals surface area contributed by atoms with Crippen molar-refractivity contribution in [1.29, 1.82) is 0 Å². The van der Waals surface area contributed by atoms with E-state index in [4.69, 9.17) is 25.8 Å². The number of hydrogen-bond donors (Lipinski definition) is 1. The quantitative estimate of drug-likeness (QED) is 0.847. The van der Waals surface area contributed by atoms with Crippen LogP contribution in [0.3, 0.4) is 0 Å². The van der Waals surface area contributed by atoms with Crippen molar-refractivity contribution in [3.63, 3.8) is 0 Å². The number of hydrogen-bond acceptors (Lipinski definition) is 5. The summed E-state index contributed by atoms with van der Waals surface area (Å²) in [4.78, 5) is 14.5. The lowest BCUT2D eigenvalue weighted by Crippen LogP contribution is -2.49. The van der Waals surface area contributed by atoms with Gasteiger partial charge >= 0.3 is 0 Å². The fourth-order valence-corrected chi connectivity index (χ4v) is 3.34. The van der Waals surface area contributed by atoms with E-state index in [9.17, 15) is 4.79 Å². The van der Waals surface area contributed by atoms with Gasteiger partial charge in [-0.1, -0.05) is 25.4 Å². The third-order valence-electron chi connectivity index (χ3n) is 4.40. The van der Waals surface area contributed by atoms with Crippen LogP contribution in [0.15, 0.2) is 12.1 Å². The lowest BCUT2D eigenvalue weighted by atomic mass is 10.1. The molecule has 1 fully saturated rings. The van der Waals surface area contributed by atoms with Crippen LogP contribution in [0.25, 0.3) is 0 Å². The maximum atomic E-state index is 12.3. The molecular weight excluding hydrogens is 356 g/mol. The molecule has 1 unspecified atom stereocenters. The molecule has 3 rings (SSSR count). The molecule has 2 heterocycles. The van der Waals surface area contributed by atoms with Crippen molar-refractivity contribution < 1.29 is 19.0 Å². The lowest BCUT2D eigenvalue weighted by Gasteiger charge is -2.32. The Morgan fingerprint density at radius 1 is 1.31 bits per heavy atom. The predicted molar refractivity (Wildman–Crippen MR) is 99.9 cm³/mol. The monoisotopic (exact) mass is 382 g/mol. The summed E-state index contributed by atoms with van der Waals surface area (Å²) in [5.41, 5.74) is 1.04. The Hall–Kier alpha value is -1.50. The Morgan fingerprint density at radius 3 is 2.92 bits per heavy atom. The topological polar surface area (TPSA) is 60.0 Å². The van der Waals surface area contributed by atoms with Crippen molar-refractivity contribution in [2.24, 2.45) is 5.92 Å². The Bertz CT molecular complexity index is 638. The second-order valence-corrected chi connectivity index (χ2v) is 7.60. The molecule has 0 aliphatic carbocycles. The molecule has 1 aromatic carbocycles. The number of rotatable bonds is 5. The second kappa shape index (κ2) is 8.93. The average Bonchev–Trinajstić information content (AvgIpc) is 2.85. The van der Waals surface area contributed by atoms with Gasteiger partial charge < -0.3 is 19.5 Å². The van der Waals surface area contributed by atoms with E-state index in [1.807, 2.05) is 12.1 Å². The highest BCUT2D eigenvalue weighted by molar-refractivity contribution is 6.32. The molecule has 1 saturated heterocycles. The van der Waals surface area contributed by atoms with Crippen molar-refractivity contribution in [2.45, 2.75) is 32.9 Å². The second-order valence-electron chi connectivity index (χ2n) is 7.19. The normalized spacial score (nSPS) is 20.7. The van der Waals surface area contributed by atoms with Gasteiger partial charge in [0.25, 0.3) is 0 Å². The van der Waals surface area contributed by atoms with Crippen LogP contribution < -0.4 is 14.8 Å². The molecule has 1 aromatic rings. The van der Waals surface area contributed by atoms with Crippen molar-refractivity contribution in [1.82, 2.24) is 10.2 Å².